The average molecular weight is 323 g/mol. The smallest absolute Gasteiger partial charge is 0.309 e. The van der Waals surface area contributed by atoms with Gasteiger partial charge in [0.2, 0.25) is 5.91 Å². The van der Waals surface area contributed by atoms with Gasteiger partial charge in [0.15, 0.2) is 0 Å². The molecule has 23 heavy (non-hydrogen) atoms. The standard InChI is InChI=1S/C19H33NO3/c1-3-5-6-7-8-9-10-11-16-23-19(22)17-12-14-20(15-13-17)18(21)4-2/h4,17H,2-3,5-16H2,1H3. The number of carbonyl (C=O) groups is 2. The van der Waals surface area contributed by atoms with Crippen molar-refractivity contribution in [3.8, 4) is 0 Å². The Labute approximate surface area is 141 Å². The van der Waals surface area contributed by atoms with Crippen LogP contribution in [0.5, 0.6) is 0 Å². The number of rotatable bonds is 11. The molecule has 0 atom stereocenters. The number of unbranched alkanes of at least 4 members (excludes halogenated alkanes) is 7. The molecule has 0 saturated carbocycles. The maximum Gasteiger partial charge on any atom is 0.309 e. The van der Waals surface area contributed by atoms with Gasteiger partial charge in [0.25, 0.3) is 0 Å². The number of hydrogen-bond acceptors (Lipinski definition) is 3. The molecule has 1 saturated heterocycles. The van der Waals surface area contributed by atoms with Crippen LogP contribution in [0.25, 0.3) is 0 Å². The molecule has 1 rings (SSSR count). The van der Waals surface area contributed by atoms with Gasteiger partial charge in [0, 0.05) is 13.1 Å². The van der Waals surface area contributed by atoms with Crippen LogP contribution in [0, 0.1) is 5.92 Å². The van der Waals surface area contributed by atoms with Gasteiger partial charge >= 0.3 is 5.97 Å². The second-order valence-electron chi connectivity index (χ2n) is 6.45. The van der Waals surface area contributed by atoms with Crippen molar-refractivity contribution in [3.63, 3.8) is 0 Å². The molecule has 0 aromatic rings. The first kappa shape index (κ1) is 19.7. The van der Waals surface area contributed by atoms with E-state index in [1.807, 2.05) is 0 Å². The molecule has 1 aliphatic rings. The van der Waals surface area contributed by atoms with E-state index in [2.05, 4.69) is 13.5 Å². The Kier molecular flexibility index (Phi) is 10.4. The third kappa shape index (κ3) is 8.19. The molecule has 1 fully saturated rings. The predicted octanol–water partition coefficient (Wildman–Crippen LogP) is 4.09. The molecule has 0 aromatic heterocycles. The van der Waals surface area contributed by atoms with Gasteiger partial charge < -0.3 is 9.64 Å². The van der Waals surface area contributed by atoms with Crippen molar-refractivity contribution in [2.75, 3.05) is 19.7 Å². The molecule has 0 bridgehead atoms. The zero-order chi connectivity index (χ0) is 16.9. The van der Waals surface area contributed by atoms with Gasteiger partial charge in [-0.05, 0) is 25.3 Å². The van der Waals surface area contributed by atoms with Crippen LogP contribution >= 0.6 is 0 Å². The summed E-state index contributed by atoms with van der Waals surface area (Å²) in [5.41, 5.74) is 0. The topological polar surface area (TPSA) is 46.6 Å². The maximum atomic E-state index is 12.0. The molecule has 1 heterocycles. The van der Waals surface area contributed by atoms with E-state index in [9.17, 15) is 9.59 Å². The van der Waals surface area contributed by atoms with E-state index in [-0.39, 0.29) is 17.8 Å². The number of carbonyl (C=O) groups excluding carboxylic acids is 2. The minimum atomic E-state index is -0.0846. The molecule has 0 aromatic carbocycles. The monoisotopic (exact) mass is 323 g/mol. The van der Waals surface area contributed by atoms with Crippen molar-refractivity contribution >= 4 is 11.9 Å². The van der Waals surface area contributed by atoms with Crippen LogP contribution in [0.1, 0.15) is 71.1 Å². The van der Waals surface area contributed by atoms with Gasteiger partial charge in [-0.1, -0.05) is 58.4 Å². The van der Waals surface area contributed by atoms with Crippen LogP contribution in [-0.4, -0.2) is 36.5 Å². The van der Waals surface area contributed by atoms with Gasteiger partial charge in [-0.25, -0.2) is 0 Å². The summed E-state index contributed by atoms with van der Waals surface area (Å²) in [5, 5.41) is 0. The molecule has 0 aliphatic carbocycles. The van der Waals surface area contributed by atoms with Crippen LogP contribution in [0.15, 0.2) is 12.7 Å². The fourth-order valence-electron chi connectivity index (χ4n) is 2.99. The molecule has 1 aliphatic heterocycles. The predicted molar refractivity (Wildman–Crippen MR) is 93.1 cm³/mol. The Bertz CT molecular complexity index is 360. The minimum absolute atomic E-state index is 0.0436. The van der Waals surface area contributed by atoms with Crippen LogP contribution in [0.3, 0.4) is 0 Å². The summed E-state index contributed by atoms with van der Waals surface area (Å²) in [6, 6.07) is 0. The molecule has 0 N–H and O–H groups in total. The molecule has 4 nitrogen and oxygen atoms in total. The number of hydrogen-bond donors (Lipinski definition) is 0. The third-order valence-electron chi connectivity index (χ3n) is 4.56. The van der Waals surface area contributed by atoms with Gasteiger partial charge in [-0.2, -0.15) is 0 Å². The van der Waals surface area contributed by atoms with Crippen molar-refractivity contribution < 1.29 is 14.3 Å². The summed E-state index contributed by atoms with van der Waals surface area (Å²) in [6.07, 6.45) is 12.7. The van der Waals surface area contributed by atoms with Crippen molar-refractivity contribution in [3.05, 3.63) is 12.7 Å². The lowest BCUT2D eigenvalue weighted by atomic mass is 9.97. The number of piperidine rings is 1. The van der Waals surface area contributed by atoms with Crippen LogP contribution < -0.4 is 0 Å². The third-order valence-corrected chi connectivity index (χ3v) is 4.56. The van der Waals surface area contributed by atoms with E-state index < -0.39 is 0 Å². The summed E-state index contributed by atoms with van der Waals surface area (Å²) >= 11 is 0. The average Bonchev–Trinajstić information content (AvgIpc) is 2.59. The summed E-state index contributed by atoms with van der Waals surface area (Å²) in [4.78, 5) is 25.2. The molecule has 4 heteroatoms. The minimum Gasteiger partial charge on any atom is -0.465 e. The number of likely N-dealkylation sites (tertiary alicyclic amines) is 1. The fourth-order valence-corrected chi connectivity index (χ4v) is 2.99. The lowest BCUT2D eigenvalue weighted by Crippen LogP contribution is -2.39. The summed E-state index contributed by atoms with van der Waals surface area (Å²) in [6.45, 7) is 7.52. The second kappa shape index (κ2) is 12.1. The fraction of sp³-hybridized carbons (Fsp3) is 0.789. The lowest BCUT2D eigenvalue weighted by molar-refractivity contribution is -0.151. The number of esters is 1. The molecule has 1 amide bonds. The second-order valence-corrected chi connectivity index (χ2v) is 6.45. The Hall–Kier alpha value is -1.32. The summed E-state index contributed by atoms with van der Waals surface area (Å²) < 4.78 is 5.39. The van der Waals surface area contributed by atoms with Crippen molar-refractivity contribution in [2.24, 2.45) is 5.92 Å². The summed E-state index contributed by atoms with van der Waals surface area (Å²) in [5.74, 6) is -0.174. The SMILES string of the molecule is C=CC(=O)N1CCC(C(=O)OCCCCCCCCCC)CC1. The lowest BCUT2D eigenvalue weighted by Gasteiger charge is -2.30. The first-order valence-corrected chi connectivity index (χ1v) is 9.27. The van der Waals surface area contributed by atoms with E-state index >= 15 is 0 Å². The number of amides is 1. The highest BCUT2D eigenvalue weighted by atomic mass is 16.5. The maximum absolute atomic E-state index is 12.0. The zero-order valence-corrected chi connectivity index (χ0v) is 14.7. The quantitative estimate of drug-likeness (QED) is 0.327. The highest BCUT2D eigenvalue weighted by Crippen LogP contribution is 2.19. The van der Waals surface area contributed by atoms with E-state index in [1.54, 1.807) is 4.90 Å². The Balaban J connectivity index is 2.00. The van der Waals surface area contributed by atoms with E-state index in [0.717, 1.165) is 12.8 Å². The van der Waals surface area contributed by atoms with Crippen molar-refractivity contribution in [2.45, 2.75) is 71.1 Å². The van der Waals surface area contributed by atoms with Crippen molar-refractivity contribution in [1.29, 1.82) is 0 Å². The normalized spacial score (nSPS) is 15.4. The van der Waals surface area contributed by atoms with E-state index in [1.165, 1.54) is 44.6 Å². The van der Waals surface area contributed by atoms with Gasteiger partial charge in [-0.15, -0.1) is 0 Å². The first-order chi connectivity index (χ1) is 11.2. The highest BCUT2D eigenvalue weighted by Gasteiger charge is 2.27. The van der Waals surface area contributed by atoms with Crippen molar-refractivity contribution in [1.82, 2.24) is 4.90 Å². The molecular weight excluding hydrogens is 290 g/mol. The zero-order valence-electron chi connectivity index (χ0n) is 14.7. The van der Waals surface area contributed by atoms with Gasteiger partial charge in [0.05, 0.1) is 12.5 Å². The van der Waals surface area contributed by atoms with E-state index in [0.29, 0.717) is 32.5 Å². The highest BCUT2D eigenvalue weighted by molar-refractivity contribution is 5.87. The molecule has 132 valence electrons. The molecule has 0 unspecified atom stereocenters. The number of ether oxygens (including phenoxy) is 1. The Morgan fingerprint density at radius 1 is 1.04 bits per heavy atom. The Morgan fingerprint density at radius 3 is 2.17 bits per heavy atom. The van der Waals surface area contributed by atoms with Crippen LogP contribution in [-0.2, 0) is 14.3 Å². The van der Waals surface area contributed by atoms with Crippen LogP contribution in [0.2, 0.25) is 0 Å². The summed E-state index contributed by atoms with van der Waals surface area (Å²) in [7, 11) is 0. The molecular formula is C19H33NO3. The largest absolute Gasteiger partial charge is 0.465 e. The Morgan fingerprint density at radius 2 is 1.61 bits per heavy atom. The first-order valence-electron chi connectivity index (χ1n) is 9.27. The van der Waals surface area contributed by atoms with E-state index in [4.69, 9.17) is 4.74 Å². The number of nitrogens with zero attached hydrogens (tertiary/aromatic N) is 1. The molecule has 0 radical (unpaired) electrons. The van der Waals surface area contributed by atoms with Gasteiger partial charge in [-0.3, -0.25) is 9.59 Å². The van der Waals surface area contributed by atoms with Gasteiger partial charge in [0.1, 0.15) is 0 Å². The van der Waals surface area contributed by atoms with Crippen LogP contribution in [0.4, 0.5) is 0 Å². The molecule has 0 spiro atoms.